The molecule has 132 valence electrons. The highest BCUT2D eigenvalue weighted by molar-refractivity contribution is 7.99. The van der Waals surface area contributed by atoms with Crippen molar-refractivity contribution in [1.82, 2.24) is 19.7 Å². The van der Waals surface area contributed by atoms with Gasteiger partial charge < -0.3 is 4.52 Å². The summed E-state index contributed by atoms with van der Waals surface area (Å²) >= 11 is 1.62. The minimum atomic E-state index is -0.122. The standard InChI is InChI=1S/C19H24N4OS/c1-12-7-8-13(2)15(11-12)23-10-9-20-18(23)25-14(3)16-21-17(22-24-16)19(4,5)6/h7-11,14H,1-6H3/t14-/m1/s1. The van der Waals surface area contributed by atoms with Crippen LogP contribution in [0.4, 0.5) is 0 Å². The first-order valence-corrected chi connectivity index (χ1v) is 9.25. The molecule has 0 saturated carbocycles. The molecule has 0 N–H and O–H groups in total. The van der Waals surface area contributed by atoms with E-state index in [1.807, 2.05) is 12.4 Å². The Morgan fingerprint density at radius 1 is 1.20 bits per heavy atom. The fourth-order valence-corrected chi connectivity index (χ4v) is 3.36. The van der Waals surface area contributed by atoms with Crippen LogP contribution >= 0.6 is 11.8 Å². The van der Waals surface area contributed by atoms with Crippen molar-refractivity contribution < 1.29 is 4.52 Å². The van der Waals surface area contributed by atoms with Gasteiger partial charge in [0.2, 0.25) is 5.89 Å². The Morgan fingerprint density at radius 2 is 1.96 bits per heavy atom. The van der Waals surface area contributed by atoms with Gasteiger partial charge in [0.1, 0.15) is 0 Å². The molecule has 25 heavy (non-hydrogen) atoms. The zero-order valence-electron chi connectivity index (χ0n) is 15.6. The lowest BCUT2D eigenvalue weighted by atomic mass is 9.96. The van der Waals surface area contributed by atoms with E-state index >= 15 is 0 Å². The second-order valence-electron chi connectivity index (χ2n) is 7.34. The van der Waals surface area contributed by atoms with Crippen molar-refractivity contribution in [2.24, 2.45) is 0 Å². The summed E-state index contributed by atoms with van der Waals surface area (Å²) in [6.45, 7) is 12.5. The largest absolute Gasteiger partial charge is 0.338 e. The highest BCUT2D eigenvalue weighted by Gasteiger charge is 2.24. The van der Waals surface area contributed by atoms with Crippen LogP contribution < -0.4 is 0 Å². The lowest BCUT2D eigenvalue weighted by Crippen LogP contribution is -2.13. The van der Waals surface area contributed by atoms with E-state index in [9.17, 15) is 0 Å². The summed E-state index contributed by atoms with van der Waals surface area (Å²) in [6.07, 6.45) is 3.82. The third kappa shape index (κ3) is 3.79. The SMILES string of the molecule is Cc1ccc(C)c(-n2ccnc2S[C@H](C)c2nc(C(C)(C)C)no2)c1. The van der Waals surface area contributed by atoms with Gasteiger partial charge in [0.15, 0.2) is 11.0 Å². The van der Waals surface area contributed by atoms with Gasteiger partial charge in [-0.3, -0.25) is 4.57 Å². The predicted octanol–water partition coefficient (Wildman–Crippen LogP) is 5.02. The molecule has 0 spiro atoms. The third-order valence-electron chi connectivity index (χ3n) is 3.97. The number of benzene rings is 1. The monoisotopic (exact) mass is 356 g/mol. The Balaban J connectivity index is 1.86. The van der Waals surface area contributed by atoms with Crippen molar-refractivity contribution >= 4 is 11.8 Å². The van der Waals surface area contributed by atoms with Gasteiger partial charge in [-0.05, 0) is 38.0 Å². The van der Waals surface area contributed by atoms with Gasteiger partial charge in [-0.2, -0.15) is 4.98 Å². The molecule has 5 nitrogen and oxygen atoms in total. The average Bonchev–Trinajstić information content (AvgIpc) is 3.18. The summed E-state index contributed by atoms with van der Waals surface area (Å²) in [6, 6.07) is 6.43. The first kappa shape index (κ1) is 17.7. The smallest absolute Gasteiger partial charge is 0.239 e. The molecule has 6 heteroatoms. The van der Waals surface area contributed by atoms with Crippen LogP contribution in [0.25, 0.3) is 5.69 Å². The first-order valence-electron chi connectivity index (χ1n) is 8.37. The number of hydrogen-bond acceptors (Lipinski definition) is 5. The summed E-state index contributed by atoms with van der Waals surface area (Å²) in [5.74, 6) is 1.36. The molecule has 0 amide bonds. The van der Waals surface area contributed by atoms with Crippen molar-refractivity contribution in [3.8, 4) is 5.69 Å². The van der Waals surface area contributed by atoms with E-state index in [0.29, 0.717) is 5.89 Å². The van der Waals surface area contributed by atoms with Crippen LogP contribution in [-0.2, 0) is 5.41 Å². The normalized spacial score (nSPS) is 13.2. The molecule has 0 aliphatic heterocycles. The Hall–Kier alpha value is -2.08. The van der Waals surface area contributed by atoms with Gasteiger partial charge in [0.25, 0.3) is 0 Å². The number of aryl methyl sites for hydroxylation is 2. The van der Waals surface area contributed by atoms with Gasteiger partial charge in [-0.1, -0.05) is 49.8 Å². The second-order valence-corrected chi connectivity index (χ2v) is 8.64. The number of nitrogens with zero attached hydrogens (tertiary/aromatic N) is 4. The second kappa shape index (κ2) is 6.67. The molecule has 1 atom stereocenters. The van der Waals surface area contributed by atoms with Crippen LogP contribution in [-0.4, -0.2) is 19.7 Å². The molecule has 0 saturated heterocycles. The van der Waals surface area contributed by atoms with Gasteiger partial charge in [0.05, 0.1) is 10.9 Å². The van der Waals surface area contributed by atoms with E-state index in [4.69, 9.17) is 4.52 Å². The van der Waals surface area contributed by atoms with Crippen molar-refractivity contribution in [1.29, 1.82) is 0 Å². The van der Waals surface area contributed by atoms with E-state index in [1.54, 1.807) is 11.8 Å². The zero-order valence-corrected chi connectivity index (χ0v) is 16.4. The molecule has 0 aliphatic carbocycles. The first-order chi connectivity index (χ1) is 11.8. The van der Waals surface area contributed by atoms with Crippen LogP contribution in [0.1, 0.15) is 55.8 Å². The number of thioether (sulfide) groups is 1. The molecule has 0 unspecified atom stereocenters. The molecule has 0 aliphatic rings. The van der Waals surface area contributed by atoms with Gasteiger partial charge >= 0.3 is 0 Å². The Bertz CT molecular complexity index is 876. The van der Waals surface area contributed by atoms with Crippen LogP contribution in [0.15, 0.2) is 40.3 Å². The van der Waals surface area contributed by atoms with E-state index in [1.165, 1.54) is 11.1 Å². The highest BCUT2D eigenvalue weighted by Crippen LogP contribution is 2.35. The van der Waals surface area contributed by atoms with E-state index in [0.717, 1.165) is 16.7 Å². The summed E-state index contributed by atoms with van der Waals surface area (Å²) in [7, 11) is 0. The quantitative estimate of drug-likeness (QED) is 0.614. The van der Waals surface area contributed by atoms with Crippen LogP contribution in [0.3, 0.4) is 0 Å². The topological polar surface area (TPSA) is 56.7 Å². The van der Waals surface area contributed by atoms with Crippen molar-refractivity contribution in [2.75, 3.05) is 0 Å². The highest BCUT2D eigenvalue weighted by atomic mass is 32.2. The number of aromatic nitrogens is 4. The number of imidazole rings is 1. The molecule has 1 aromatic carbocycles. The minimum Gasteiger partial charge on any atom is -0.338 e. The third-order valence-corrected chi connectivity index (χ3v) is 5.04. The fraction of sp³-hybridized carbons (Fsp3) is 0.421. The molecule has 3 aromatic rings. The van der Waals surface area contributed by atoms with Crippen LogP contribution in [0.5, 0.6) is 0 Å². The van der Waals surface area contributed by atoms with E-state index < -0.39 is 0 Å². The van der Waals surface area contributed by atoms with Crippen LogP contribution in [0, 0.1) is 13.8 Å². The van der Waals surface area contributed by atoms with Gasteiger partial charge in [-0.15, -0.1) is 0 Å². The Labute approximate surface area is 152 Å². The minimum absolute atomic E-state index is 0.0230. The summed E-state index contributed by atoms with van der Waals surface area (Å²) < 4.78 is 7.59. The summed E-state index contributed by atoms with van der Waals surface area (Å²) in [4.78, 5) is 9.08. The average molecular weight is 356 g/mol. The van der Waals surface area contributed by atoms with Crippen molar-refractivity contribution in [2.45, 2.75) is 57.4 Å². The summed E-state index contributed by atoms with van der Waals surface area (Å²) in [5, 5.41) is 5.05. The Morgan fingerprint density at radius 3 is 2.64 bits per heavy atom. The zero-order chi connectivity index (χ0) is 18.2. The van der Waals surface area contributed by atoms with Gasteiger partial charge in [-0.25, -0.2) is 4.98 Å². The summed E-state index contributed by atoms with van der Waals surface area (Å²) in [5.41, 5.74) is 3.47. The van der Waals surface area contributed by atoms with Crippen molar-refractivity contribution in [3.05, 3.63) is 53.4 Å². The lowest BCUT2D eigenvalue weighted by Gasteiger charge is -2.13. The van der Waals surface area contributed by atoms with Crippen molar-refractivity contribution in [3.63, 3.8) is 0 Å². The maximum Gasteiger partial charge on any atom is 0.239 e. The maximum atomic E-state index is 5.47. The predicted molar refractivity (Wildman–Crippen MR) is 100 cm³/mol. The molecule has 3 rings (SSSR count). The maximum absolute atomic E-state index is 5.47. The molecule has 0 bridgehead atoms. The van der Waals surface area contributed by atoms with Crippen LogP contribution in [0.2, 0.25) is 0 Å². The molecular formula is C19H24N4OS. The van der Waals surface area contributed by atoms with E-state index in [2.05, 4.69) is 79.4 Å². The molecular weight excluding hydrogens is 332 g/mol. The molecule has 0 radical (unpaired) electrons. The number of hydrogen-bond donors (Lipinski definition) is 0. The number of rotatable bonds is 4. The Kier molecular flexibility index (Phi) is 4.73. The molecule has 2 heterocycles. The molecule has 0 fully saturated rings. The van der Waals surface area contributed by atoms with Gasteiger partial charge in [0, 0.05) is 17.8 Å². The fourth-order valence-electron chi connectivity index (χ4n) is 2.45. The van der Waals surface area contributed by atoms with E-state index in [-0.39, 0.29) is 10.7 Å². The lowest BCUT2D eigenvalue weighted by molar-refractivity contribution is 0.364. The molecule has 2 aromatic heterocycles.